The first-order valence-corrected chi connectivity index (χ1v) is 10.3. The number of rotatable bonds is 6. The summed E-state index contributed by atoms with van der Waals surface area (Å²) in [6.07, 6.45) is -19.8. The van der Waals surface area contributed by atoms with E-state index in [0.717, 1.165) is 0 Å². The second-order valence-electron chi connectivity index (χ2n) is 8.24. The lowest BCUT2D eigenvalue weighted by Gasteiger charge is -2.46. The van der Waals surface area contributed by atoms with Crippen molar-refractivity contribution in [1.29, 1.82) is 0 Å². The molecule has 14 atom stereocenters. The van der Waals surface area contributed by atoms with Gasteiger partial charge in [-0.1, -0.05) is 0 Å². The lowest BCUT2D eigenvalue weighted by atomic mass is 9.97. The predicted molar refractivity (Wildman–Crippen MR) is 98.7 cm³/mol. The molecule has 0 aromatic rings. The summed E-state index contributed by atoms with van der Waals surface area (Å²) in [6, 6.07) is 0. The van der Waals surface area contributed by atoms with Crippen molar-refractivity contribution in [2.75, 3.05) is 19.8 Å². The van der Waals surface area contributed by atoms with Gasteiger partial charge in [0.05, 0.1) is 25.9 Å². The smallest absolute Gasteiger partial charge is 0.187 e. The third-order valence-electron chi connectivity index (χ3n) is 5.95. The maximum atomic E-state index is 10.5. The Morgan fingerprint density at radius 1 is 0.719 bits per heavy atom. The van der Waals surface area contributed by atoms with E-state index in [4.69, 9.17) is 23.7 Å². The van der Waals surface area contributed by atoms with Gasteiger partial charge in [0.2, 0.25) is 0 Å². The van der Waals surface area contributed by atoms with Gasteiger partial charge in [-0.15, -0.1) is 0 Å². The van der Waals surface area contributed by atoms with Crippen molar-refractivity contribution < 1.29 is 69.6 Å². The highest BCUT2D eigenvalue weighted by Crippen LogP contribution is 2.30. The molecule has 0 aliphatic carbocycles. The fourth-order valence-corrected chi connectivity index (χ4v) is 3.84. The van der Waals surface area contributed by atoms with Gasteiger partial charge in [0.15, 0.2) is 12.6 Å². The fraction of sp³-hybridized carbons (Fsp3) is 1.00. The van der Waals surface area contributed by atoms with Gasteiger partial charge >= 0.3 is 0 Å². The summed E-state index contributed by atoms with van der Waals surface area (Å²) in [5.41, 5.74) is 0. The summed E-state index contributed by atoms with van der Waals surface area (Å²) >= 11 is 0. The number of ether oxygens (including phenoxy) is 5. The average Bonchev–Trinajstić information content (AvgIpc) is 2.77. The monoisotopic (exact) mass is 472 g/mol. The molecule has 3 saturated heterocycles. The fourth-order valence-electron chi connectivity index (χ4n) is 3.84. The first kappa shape index (κ1) is 26.1. The molecule has 0 spiro atoms. The SMILES string of the molecule is CC1OC(OC2C(CO)OC(OCC3OCC(O)C(O)C3O)C(O)C2O)C(O)C(O)C1O. The van der Waals surface area contributed by atoms with Crippen LogP contribution in [0, 0.1) is 0 Å². The quantitative estimate of drug-likeness (QED) is 0.175. The van der Waals surface area contributed by atoms with E-state index < -0.39 is 92.4 Å². The van der Waals surface area contributed by atoms with Gasteiger partial charge < -0.3 is 69.6 Å². The second kappa shape index (κ2) is 10.8. The Labute approximate surface area is 183 Å². The van der Waals surface area contributed by atoms with Crippen LogP contribution in [-0.4, -0.2) is 152 Å². The molecule has 188 valence electrons. The first-order valence-electron chi connectivity index (χ1n) is 10.3. The van der Waals surface area contributed by atoms with Gasteiger partial charge in [0.25, 0.3) is 0 Å². The largest absolute Gasteiger partial charge is 0.394 e. The third-order valence-corrected chi connectivity index (χ3v) is 5.95. The van der Waals surface area contributed by atoms with Crippen LogP contribution in [0.5, 0.6) is 0 Å². The molecule has 14 nitrogen and oxygen atoms in total. The van der Waals surface area contributed by atoms with Gasteiger partial charge in [-0.3, -0.25) is 0 Å². The van der Waals surface area contributed by atoms with Crippen LogP contribution >= 0.6 is 0 Å². The average molecular weight is 472 g/mol. The molecule has 0 aromatic carbocycles. The molecular formula is C18H32O14. The van der Waals surface area contributed by atoms with Crippen LogP contribution in [0.3, 0.4) is 0 Å². The van der Waals surface area contributed by atoms with Crippen LogP contribution in [0.1, 0.15) is 6.92 Å². The summed E-state index contributed by atoms with van der Waals surface area (Å²) in [5.74, 6) is 0. The molecule has 0 amide bonds. The number of aliphatic hydroxyl groups is 9. The highest BCUT2D eigenvalue weighted by Gasteiger charge is 2.50. The highest BCUT2D eigenvalue weighted by molar-refractivity contribution is 4.94. The molecule has 3 rings (SSSR count). The maximum Gasteiger partial charge on any atom is 0.187 e. The molecule has 0 radical (unpaired) electrons. The summed E-state index contributed by atoms with van der Waals surface area (Å²) < 4.78 is 26.8. The molecule has 3 heterocycles. The molecule has 3 aliphatic heterocycles. The van der Waals surface area contributed by atoms with E-state index in [1.54, 1.807) is 0 Å². The summed E-state index contributed by atoms with van der Waals surface area (Å²) in [7, 11) is 0. The minimum absolute atomic E-state index is 0.249. The van der Waals surface area contributed by atoms with Crippen molar-refractivity contribution in [3.63, 3.8) is 0 Å². The van der Waals surface area contributed by atoms with Crippen molar-refractivity contribution in [2.45, 2.75) is 92.8 Å². The van der Waals surface area contributed by atoms with E-state index >= 15 is 0 Å². The van der Waals surface area contributed by atoms with E-state index in [1.165, 1.54) is 6.92 Å². The molecule has 14 unspecified atom stereocenters. The lowest BCUT2D eigenvalue weighted by Crippen LogP contribution is -2.64. The third kappa shape index (κ3) is 5.24. The zero-order chi connectivity index (χ0) is 23.7. The standard InChI is InChI=1S/C18H32O14/c1-5-9(21)12(24)14(26)18(30-5)32-16-7(2-19)31-17(15(27)13(16)25)29-4-8-11(23)10(22)6(20)3-28-8/h5-27H,2-4H2,1H3. The van der Waals surface area contributed by atoms with Gasteiger partial charge in [-0.25, -0.2) is 0 Å². The number of hydrogen-bond acceptors (Lipinski definition) is 14. The molecule has 14 heteroatoms. The highest BCUT2D eigenvalue weighted by atomic mass is 16.7. The molecule has 0 saturated carbocycles. The Kier molecular flexibility index (Phi) is 8.79. The molecule has 32 heavy (non-hydrogen) atoms. The topological polar surface area (TPSA) is 228 Å². The van der Waals surface area contributed by atoms with Crippen molar-refractivity contribution in [2.24, 2.45) is 0 Å². The van der Waals surface area contributed by atoms with Gasteiger partial charge in [0.1, 0.15) is 67.1 Å². The van der Waals surface area contributed by atoms with Crippen LogP contribution in [0.15, 0.2) is 0 Å². The molecule has 0 bridgehead atoms. The van der Waals surface area contributed by atoms with Gasteiger partial charge in [-0.05, 0) is 6.92 Å². The van der Waals surface area contributed by atoms with Crippen molar-refractivity contribution >= 4 is 0 Å². The second-order valence-corrected chi connectivity index (χ2v) is 8.24. The number of aliphatic hydroxyl groups excluding tert-OH is 9. The van der Waals surface area contributed by atoms with Crippen molar-refractivity contribution in [1.82, 2.24) is 0 Å². The predicted octanol–water partition coefficient (Wildman–Crippen LogP) is -5.86. The summed E-state index contributed by atoms with van der Waals surface area (Å²) in [6.45, 7) is 0.116. The number of hydrogen-bond donors (Lipinski definition) is 9. The van der Waals surface area contributed by atoms with E-state index in [0.29, 0.717) is 0 Å². The van der Waals surface area contributed by atoms with Crippen LogP contribution in [0.2, 0.25) is 0 Å². The van der Waals surface area contributed by atoms with Crippen molar-refractivity contribution in [3.8, 4) is 0 Å². The Hall–Kier alpha value is -0.560. The van der Waals surface area contributed by atoms with Gasteiger partial charge in [0, 0.05) is 0 Å². The molecule has 3 aliphatic rings. The molecule has 9 N–H and O–H groups in total. The Morgan fingerprint density at radius 3 is 2.03 bits per heavy atom. The zero-order valence-electron chi connectivity index (χ0n) is 17.3. The summed E-state index contributed by atoms with van der Waals surface area (Å²) in [5, 5.41) is 89.6. The van der Waals surface area contributed by atoms with E-state index in [2.05, 4.69) is 0 Å². The minimum Gasteiger partial charge on any atom is -0.394 e. The summed E-state index contributed by atoms with van der Waals surface area (Å²) in [4.78, 5) is 0. The van der Waals surface area contributed by atoms with Gasteiger partial charge in [-0.2, -0.15) is 0 Å². The minimum atomic E-state index is -1.70. The normalized spacial score (nSPS) is 52.7. The zero-order valence-corrected chi connectivity index (χ0v) is 17.3. The van der Waals surface area contributed by atoms with E-state index in [9.17, 15) is 46.0 Å². The van der Waals surface area contributed by atoms with Crippen molar-refractivity contribution in [3.05, 3.63) is 0 Å². The van der Waals surface area contributed by atoms with E-state index in [1.807, 2.05) is 0 Å². The molecule has 0 aromatic heterocycles. The lowest BCUT2D eigenvalue weighted by molar-refractivity contribution is -0.359. The Balaban J connectivity index is 1.61. The van der Waals surface area contributed by atoms with E-state index in [-0.39, 0.29) is 13.2 Å². The van der Waals surface area contributed by atoms with Crippen LogP contribution < -0.4 is 0 Å². The Morgan fingerprint density at radius 2 is 1.38 bits per heavy atom. The van der Waals surface area contributed by atoms with Crippen LogP contribution in [0.4, 0.5) is 0 Å². The van der Waals surface area contributed by atoms with Crippen LogP contribution in [-0.2, 0) is 23.7 Å². The molecular weight excluding hydrogens is 440 g/mol. The first-order chi connectivity index (χ1) is 15.1. The van der Waals surface area contributed by atoms with Crippen LogP contribution in [0.25, 0.3) is 0 Å². The maximum absolute atomic E-state index is 10.5. The Bertz CT molecular complexity index is 594. The molecule has 3 fully saturated rings.